The minimum absolute atomic E-state index is 0.122. The van der Waals surface area contributed by atoms with Crippen LogP contribution in [-0.4, -0.2) is 29.6 Å². The summed E-state index contributed by atoms with van der Waals surface area (Å²) in [6.45, 7) is 10.7. The van der Waals surface area contributed by atoms with Gasteiger partial charge in [0, 0.05) is 18.7 Å². The molecule has 0 saturated carbocycles. The summed E-state index contributed by atoms with van der Waals surface area (Å²) in [6.07, 6.45) is 3.19. The van der Waals surface area contributed by atoms with Gasteiger partial charge < -0.3 is 14.3 Å². The van der Waals surface area contributed by atoms with Crippen molar-refractivity contribution in [3.8, 4) is 22.8 Å². The van der Waals surface area contributed by atoms with E-state index in [-0.39, 0.29) is 22.5 Å². The van der Waals surface area contributed by atoms with E-state index < -0.39 is 5.60 Å². The number of hydrogen-bond donors (Lipinski definition) is 1. The lowest BCUT2D eigenvalue weighted by Gasteiger charge is -2.18. The largest absolute Gasteiger partial charge is 0.470 e. The van der Waals surface area contributed by atoms with Gasteiger partial charge in [-0.25, -0.2) is 15.0 Å². The minimum Gasteiger partial charge on any atom is -0.470 e. The van der Waals surface area contributed by atoms with Gasteiger partial charge in [0.25, 0.3) is 5.56 Å². The molecule has 0 saturated heterocycles. The lowest BCUT2D eigenvalue weighted by atomic mass is 10.0. The van der Waals surface area contributed by atoms with Gasteiger partial charge in [-0.2, -0.15) is 4.98 Å². The van der Waals surface area contributed by atoms with E-state index in [1.807, 2.05) is 32.0 Å². The van der Waals surface area contributed by atoms with Crippen molar-refractivity contribution < 1.29 is 14.3 Å². The van der Waals surface area contributed by atoms with Crippen LogP contribution >= 0.6 is 15.9 Å². The SMILES string of the molecule is Cc1nc(COc2nc(C)n(-c3cc(-c4nc(C(C)(C)O)ncc4C)ccc3C)c(=O)c2Br)co1. The Morgan fingerprint density at radius 1 is 1.11 bits per heavy atom. The van der Waals surface area contributed by atoms with Crippen LogP contribution in [0, 0.1) is 27.7 Å². The van der Waals surface area contributed by atoms with Gasteiger partial charge in [-0.1, -0.05) is 12.1 Å². The summed E-state index contributed by atoms with van der Waals surface area (Å²) in [5.74, 6) is 1.49. The summed E-state index contributed by atoms with van der Waals surface area (Å²) in [6, 6.07) is 5.75. The number of halogens is 1. The first kappa shape index (κ1) is 24.7. The Kier molecular flexibility index (Phi) is 6.61. The van der Waals surface area contributed by atoms with Gasteiger partial charge in [-0.05, 0) is 67.7 Å². The second-order valence-electron chi connectivity index (χ2n) is 8.85. The molecule has 0 aliphatic heterocycles. The second-order valence-corrected chi connectivity index (χ2v) is 9.64. The number of aliphatic hydroxyl groups is 1. The first-order valence-electron chi connectivity index (χ1n) is 11.0. The molecule has 0 radical (unpaired) electrons. The quantitative estimate of drug-likeness (QED) is 0.381. The van der Waals surface area contributed by atoms with Crippen molar-refractivity contribution >= 4 is 15.9 Å². The molecule has 1 aromatic carbocycles. The summed E-state index contributed by atoms with van der Waals surface area (Å²) in [5.41, 5.74) is 2.99. The van der Waals surface area contributed by atoms with Crippen LogP contribution in [-0.2, 0) is 12.2 Å². The molecular weight excluding hydrogens is 514 g/mol. The highest BCUT2D eigenvalue weighted by Crippen LogP contribution is 2.29. The average Bonchev–Trinajstić information content (AvgIpc) is 3.21. The second kappa shape index (κ2) is 9.35. The molecule has 0 fully saturated rings. The van der Waals surface area contributed by atoms with Crippen LogP contribution in [0.25, 0.3) is 16.9 Å². The molecule has 4 aromatic rings. The molecule has 182 valence electrons. The predicted molar refractivity (Wildman–Crippen MR) is 134 cm³/mol. The number of nitrogens with zero attached hydrogens (tertiary/aromatic N) is 5. The average molecular weight is 540 g/mol. The molecule has 4 rings (SSSR count). The van der Waals surface area contributed by atoms with Crippen LogP contribution in [0.15, 0.2) is 44.3 Å². The molecule has 0 aliphatic carbocycles. The van der Waals surface area contributed by atoms with Gasteiger partial charge in [0.1, 0.15) is 34.5 Å². The smallest absolute Gasteiger partial charge is 0.276 e. The molecule has 0 aliphatic rings. The summed E-state index contributed by atoms with van der Waals surface area (Å²) < 4.78 is 12.7. The summed E-state index contributed by atoms with van der Waals surface area (Å²) in [7, 11) is 0. The first-order valence-corrected chi connectivity index (χ1v) is 11.8. The fourth-order valence-electron chi connectivity index (χ4n) is 3.61. The summed E-state index contributed by atoms with van der Waals surface area (Å²) >= 11 is 3.36. The molecule has 3 heterocycles. The lowest BCUT2D eigenvalue weighted by Crippen LogP contribution is -2.24. The zero-order valence-corrected chi connectivity index (χ0v) is 22.0. The van der Waals surface area contributed by atoms with Crippen LogP contribution in [0.2, 0.25) is 0 Å². The van der Waals surface area contributed by atoms with Crippen molar-refractivity contribution in [2.75, 3.05) is 0 Å². The number of benzene rings is 1. The molecular formula is C25H26BrN5O4. The van der Waals surface area contributed by atoms with Crippen molar-refractivity contribution in [1.82, 2.24) is 24.5 Å². The van der Waals surface area contributed by atoms with Gasteiger partial charge in [-0.3, -0.25) is 9.36 Å². The van der Waals surface area contributed by atoms with E-state index in [1.165, 1.54) is 10.8 Å². The predicted octanol–water partition coefficient (Wildman–Crippen LogP) is 4.48. The molecule has 3 aromatic heterocycles. The van der Waals surface area contributed by atoms with E-state index in [4.69, 9.17) is 9.15 Å². The fraction of sp³-hybridized carbons (Fsp3) is 0.320. The molecule has 0 atom stereocenters. The molecule has 0 unspecified atom stereocenters. The Morgan fingerprint density at radius 3 is 2.51 bits per heavy atom. The Balaban J connectivity index is 1.76. The molecule has 35 heavy (non-hydrogen) atoms. The van der Waals surface area contributed by atoms with Crippen LogP contribution in [0.4, 0.5) is 0 Å². The standard InChI is InChI=1S/C25H26BrN5O4/c1-13-7-8-17(21-14(2)10-27-24(30-21)25(5,6)33)9-19(13)31-15(3)28-22(20(26)23(31)32)35-12-18-11-34-16(4)29-18/h7-11,33H,12H2,1-6H3. The lowest BCUT2D eigenvalue weighted by molar-refractivity contribution is 0.0688. The number of rotatable bonds is 6. The zero-order chi connectivity index (χ0) is 25.5. The zero-order valence-electron chi connectivity index (χ0n) is 20.4. The van der Waals surface area contributed by atoms with E-state index in [1.54, 1.807) is 33.9 Å². The molecule has 0 amide bonds. The Bertz CT molecular complexity index is 1470. The Morgan fingerprint density at radius 2 is 1.86 bits per heavy atom. The maximum absolute atomic E-state index is 13.4. The molecule has 10 heteroatoms. The number of ether oxygens (including phenoxy) is 1. The van der Waals surface area contributed by atoms with Crippen molar-refractivity contribution in [2.45, 2.75) is 53.8 Å². The van der Waals surface area contributed by atoms with Crippen LogP contribution < -0.4 is 10.3 Å². The highest BCUT2D eigenvalue weighted by Gasteiger charge is 2.22. The number of aromatic nitrogens is 5. The summed E-state index contributed by atoms with van der Waals surface area (Å²) in [5, 5.41) is 10.4. The van der Waals surface area contributed by atoms with E-state index in [2.05, 4.69) is 35.9 Å². The maximum atomic E-state index is 13.4. The minimum atomic E-state index is -1.18. The Hall–Kier alpha value is -3.37. The van der Waals surface area contributed by atoms with E-state index >= 15 is 0 Å². The van der Waals surface area contributed by atoms with Crippen LogP contribution in [0.3, 0.4) is 0 Å². The van der Waals surface area contributed by atoms with Crippen molar-refractivity contribution in [2.24, 2.45) is 0 Å². The third kappa shape index (κ3) is 5.03. The first-order chi connectivity index (χ1) is 16.5. The van der Waals surface area contributed by atoms with E-state index in [9.17, 15) is 9.90 Å². The van der Waals surface area contributed by atoms with Gasteiger partial charge in [0.05, 0.1) is 11.4 Å². The third-order valence-electron chi connectivity index (χ3n) is 5.43. The van der Waals surface area contributed by atoms with Crippen LogP contribution in [0.1, 0.15) is 48.2 Å². The summed E-state index contributed by atoms with van der Waals surface area (Å²) in [4.78, 5) is 31.0. The van der Waals surface area contributed by atoms with Crippen molar-refractivity contribution in [3.63, 3.8) is 0 Å². The molecule has 0 spiro atoms. The van der Waals surface area contributed by atoms with Crippen LogP contribution in [0.5, 0.6) is 5.88 Å². The number of hydrogen-bond acceptors (Lipinski definition) is 8. The Labute approximate surface area is 211 Å². The molecule has 0 bridgehead atoms. The maximum Gasteiger partial charge on any atom is 0.276 e. The topological polar surface area (TPSA) is 116 Å². The van der Waals surface area contributed by atoms with Crippen molar-refractivity contribution in [3.05, 3.63) is 79.8 Å². The van der Waals surface area contributed by atoms with Crippen molar-refractivity contribution in [1.29, 1.82) is 0 Å². The normalized spacial score (nSPS) is 11.7. The van der Waals surface area contributed by atoms with Gasteiger partial charge >= 0.3 is 0 Å². The molecule has 1 N–H and O–H groups in total. The highest BCUT2D eigenvalue weighted by atomic mass is 79.9. The van der Waals surface area contributed by atoms with Gasteiger partial charge in [0.2, 0.25) is 5.88 Å². The van der Waals surface area contributed by atoms with E-state index in [0.29, 0.717) is 34.6 Å². The highest BCUT2D eigenvalue weighted by molar-refractivity contribution is 9.10. The van der Waals surface area contributed by atoms with E-state index in [0.717, 1.165) is 16.7 Å². The molecule has 9 nitrogen and oxygen atoms in total. The third-order valence-corrected chi connectivity index (χ3v) is 6.11. The van der Waals surface area contributed by atoms with Gasteiger partial charge in [0.15, 0.2) is 11.7 Å². The number of oxazole rings is 1. The number of aryl methyl sites for hydroxylation is 4. The van der Waals surface area contributed by atoms with Gasteiger partial charge in [-0.15, -0.1) is 0 Å². The monoisotopic (exact) mass is 539 g/mol. The fourth-order valence-corrected chi connectivity index (χ4v) is 3.99.